The van der Waals surface area contributed by atoms with E-state index in [1.807, 2.05) is 61.5 Å². The van der Waals surface area contributed by atoms with Crippen LogP contribution in [0.4, 0.5) is 4.79 Å². The summed E-state index contributed by atoms with van der Waals surface area (Å²) in [6, 6.07) is 17.3. The lowest BCUT2D eigenvalue weighted by molar-refractivity contribution is 0.0942. The molecule has 0 bridgehead atoms. The van der Waals surface area contributed by atoms with Crippen molar-refractivity contribution in [1.29, 1.82) is 0 Å². The van der Waals surface area contributed by atoms with Crippen LogP contribution in [0.5, 0.6) is 5.75 Å². The summed E-state index contributed by atoms with van der Waals surface area (Å²) in [5.74, 6) is 1.49. The van der Waals surface area contributed by atoms with Crippen LogP contribution < -0.4 is 15.4 Å². The number of hydrogen-bond donors (Lipinski definition) is 3. The highest BCUT2D eigenvalue weighted by Gasteiger charge is 2.22. The Labute approximate surface area is 199 Å². The van der Waals surface area contributed by atoms with Crippen molar-refractivity contribution in [3.8, 4) is 17.0 Å². The zero-order valence-corrected chi connectivity index (χ0v) is 19.4. The zero-order chi connectivity index (χ0) is 23.9. The first kappa shape index (κ1) is 23.5. The molecular formula is C27H31N3O4. The van der Waals surface area contributed by atoms with E-state index in [1.54, 1.807) is 0 Å². The molecule has 4 rings (SSSR count). The Balaban J connectivity index is 1.45. The number of pyridine rings is 1. The van der Waals surface area contributed by atoms with E-state index >= 15 is 0 Å². The Hall–Kier alpha value is -3.61. The Morgan fingerprint density at radius 2 is 1.62 bits per heavy atom. The molecule has 178 valence electrons. The predicted molar refractivity (Wildman–Crippen MR) is 132 cm³/mol. The first-order chi connectivity index (χ1) is 16.5. The first-order valence-corrected chi connectivity index (χ1v) is 11.9. The highest BCUT2D eigenvalue weighted by Crippen LogP contribution is 2.29. The van der Waals surface area contributed by atoms with Crippen molar-refractivity contribution in [2.45, 2.75) is 32.6 Å². The third-order valence-electron chi connectivity index (χ3n) is 6.48. The molecule has 1 heterocycles. The summed E-state index contributed by atoms with van der Waals surface area (Å²) in [6.45, 7) is 3.68. The van der Waals surface area contributed by atoms with Crippen molar-refractivity contribution in [2.75, 3.05) is 19.7 Å². The van der Waals surface area contributed by atoms with Gasteiger partial charge in [-0.25, -0.2) is 9.78 Å². The molecule has 3 aromatic rings. The summed E-state index contributed by atoms with van der Waals surface area (Å²) in [5.41, 5.74) is 3.08. The molecule has 1 aliphatic rings. The molecule has 1 aromatic heterocycles. The number of ether oxygens (including phenoxy) is 1. The van der Waals surface area contributed by atoms with Crippen molar-refractivity contribution in [1.82, 2.24) is 15.6 Å². The monoisotopic (exact) mass is 461 g/mol. The second-order valence-electron chi connectivity index (χ2n) is 8.81. The number of carbonyl (C=O) groups is 2. The lowest BCUT2D eigenvalue weighted by atomic mass is 9.82. The van der Waals surface area contributed by atoms with Gasteiger partial charge < -0.3 is 20.5 Å². The van der Waals surface area contributed by atoms with E-state index in [1.165, 1.54) is 0 Å². The highest BCUT2D eigenvalue weighted by atomic mass is 16.5. The molecule has 0 atom stereocenters. The Bertz CT molecular complexity index is 1140. The maximum absolute atomic E-state index is 13.2. The largest absolute Gasteiger partial charge is 0.494 e. The third-order valence-corrected chi connectivity index (χ3v) is 6.48. The summed E-state index contributed by atoms with van der Waals surface area (Å²) >= 11 is 0. The van der Waals surface area contributed by atoms with Crippen LogP contribution in [0.1, 0.15) is 43.0 Å². The molecule has 34 heavy (non-hydrogen) atoms. The number of nitrogens with one attached hydrogen (secondary N) is 2. The van der Waals surface area contributed by atoms with Crippen molar-refractivity contribution in [3.63, 3.8) is 0 Å². The van der Waals surface area contributed by atoms with Crippen molar-refractivity contribution in [2.24, 2.45) is 11.8 Å². The standard InChI is InChI=1S/C27H31N3O4/c1-2-34-21-13-11-20(12-14-21)25-15-23(22-5-3-4-6-24(22)30-25)26(31)28-16-18-7-9-19(10-8-18)17-29-27(32)33/h3-6,11-15,18-19,29H,2,7-10,16-17H2,1H3,(H,28,31)(H,32,33). The molecule has 7 nitrogen and oxygen atoms in total. The van der Waals surface area contributed by atoms with Crippen molar-refractivity contribution < 1.29 is 19.4 Å². The van der Waals surface area contributed by atoms with E-state index in [2.05, 4.69) is 10.6 Å². The molecule has 1 saturated carbocycles. The van der Waals surface area contributed by atoms with Crippen molar-refractivity contribution >= 4 is 22.9 Å². The summed E-state index contributed by atoms with van der Waals surface area (Å²) < 4.78 is 5.53. The molecule has 0 saturated heterocycles. The third kappa shape index (κ3) is 5.84. The summed E-state index contributed by atoms with van der Waals surface area (Å²) in [5, 5.41) is 15.2. The highest BCUT2D eigenvalue weighted by molar-refractivity contribution is 6.07. The Kier molecular flexibility index (Phi) is 7.62. The first-order valence-electron chi connectivity index (χ1n) is 11.9. The molecule has 2 aromatic carbocycles. The molecule has 0 aliphatic heterocycles. The fourth-order valence-electron chi connectivity index (χ4n) is 4.60. The van der Waals surface area contributed by atoms with Gasteiger partial charge in [0.05, 0.1) is 23.4 Å². The molecule has 0 spiro atoms. The topological polar surface area (TPSA) is 101 Å². The Morgan fingerprint density at radius 3 is 2.26 bits per heavy atom. The fourth-order valence-corrected chi connectivity index (χ4v) is 4.60. The number of hydrogen-bond acceptors (Lipinski definition) is 4. The number of para-hydroxylation sites is 1. The lowest BCUT2D eigenvalue weighted by Crippen LogP contribution is -2.34. The summed E-state index contributed by atoms with van der Waals surface area (Å²) in [4.78, 5) is 28.7. The van der Waals surface area contributed by atoms with E-state index in [4.69, 9.17) is 14.8 Å². The van der Waals surface area contributed by atoms with Crippen LogP contribution >= 0.6 is 0 Å². The normalized spacial score (nSPS) is 17.8. The van der Waals surface area contributed by atoms with Gasteiger partial charge in [-0.2, -0.15) is 0 Å². The number of amides is 2. The number of rotatable bonds is 8. The summed E-state index contributed by atoms with van der Waals surface area (Å²) in [6.07, 6.45) is 2.95. The number of nitrogens with zero attached hydrogens (tertiary/aromatic N) is 1. The smallest absolute Gasteiger partial charge is 0.404 e. The maximum atomic E-state index is 13.2. The number of carbonyl (C=O) groups excluding carboxylic acids is 1. The van der Waals surface area contributed by atoms with Crippen molar-refractivity contribution in [3.05, 3.63) is 60.2 Å². The quantitative estimate of drug-likeness (QED) is 0.433. The molecule has 1 aliphatic carbocycles. The van der Waals surface area contributed by atoms with Crippen LogP contribution in [0, 0.1) is 11.8 Å². The molecule has 7 heteroatoms. The SMILES string of the molecule is CCOc1ccc(-c2cc(C(=O)NCC3CCC(CNC(=O)O)CC3)c3ccccc3n2)cc1. The van der Waals surface area contributed by atoms with Gasteiger partial charge in [-0.05, 0) is 80.8 Å². The molecule has 0 radical (unpaired) electrons. The number of carboxylic acid groups (broad SMARTS) is 1. The molecule has 0 unspecified atom stereocenters. The number of aromatic nitrogens is 1. The lowest BCUT2D eigenvalue weighted by Gasteiger charge is -2.28. The van der Waals surface area contributed by atoms with Crippen LogP contribution in [0.2, 0.25) is 0 Å². The van der Waals surface area contributed by atoms with Gasteiger partial charge in [0.1, 0.15) is 5.75 Å². The molecule has 3 N–H and O–H groups in total. The minimum Gasteiger partial charge on any atom is -0.494 e. The number of fused-ring (bicyclic) bond motifs is 1. The van der Waals surface area contributed by atoms with E-state index < -0.39 is 6.09 Å². The van der Waals surface area contributed by atoms with Crippen LogP contribution in [0.25, 0.3) is 22.2 Å². The van der Waals surface area contributed by atoms with Gasteiger partial charge in [-0.15, -0.1) is 0 Å². The second-order valence-corrected chi connectivity index (χ2v) is 8.81. The Morgan fingerprint density at radius 1 is 0.971 bits per heavy atom. The molecular weight excluding hydrogens is 430 g/mol. The second kappa shape index (κ2) is 11.0. The van der Waals surface area contributed by atoms with Crippen LogP contribution in [0.15, 0.2) is 54.6 Å². The van der Waals surface area contributed by atoms with E-state index in [0.29, 0.717) is 37.1 Å². The van der Waals surface area contributed by atoms with Gasteiger partial charge in [0.25, 0.3) is 5.91 Å². The molecule has 1 fully saturated rings. The van der Waals surface area contributed by atoms with Crippen LogP contribution in [-0.4, -0.2) is 41.8 Å². The minimum atomic E-state index is -0.969. The van der Waals surface area contributed by atoms with Gasteiger partial charge in [0.2, 0.25) is 0 Å². The van der Waals surface area contributed by atoms with E-state index in [9.17, 15) is 9.59 Å². The average Bonchev–Trinajstić information content (AvgIpc) is 2.86. The minimum absolute atomic E-state index is 0.0968. The summed E-state index contributed by atoms with van der Waals surface area (Å²) in [7, 11) is 0. The maximum Gasteiger partial charge on any atom is 0.404 e. The van der Waals surface area contributed by atoms with Crippen LogP contribution in [-0.2, 0) is 0 Å². The zero-order valence-electron chi connectivity index (χ0n) is 19.4. The predicted octanol–water partition coefficient (Wildman–Crippen LogP) is 5.10. The van der Waals surface area contributed by atoms with Gasteiger partial charge in [0, 0.05) is 24.0 Å². The van der Waals surface area contributed by atoms with Gasteiger partial charge >= 0.3 is 6.09 Å². The van der Waals surface area contributed by atoms with Gasteiger partial charge in [-0.1, -0.05) is 18.2 Å². The van der Waals surface area contributed by atoms with Crippen LogP contribution in [0.3, 0.4) is 0 Å². The van der Waals surface area contributed by atoms with Gasteiger partial charge in [0.15, 0.2) is 0 Å². The molecule has 2 amide bonds. The van der Waals surface area contributed by atoms with Gasteiger partial charge in [-0.3, -0.25) is 4.79 Å². The fraction of sp³-hybridized carbons (Fsp3) is 0.370. The van der Waals surface area contributed by atoms with E-state index in [0.717, 1.165) is 53.6 Å². The average molecular weight is 462 g/mol. The van der Waals surface area contributed by atoms with E-state index in [-0.39, 0.29) is 5.91 Å². The number of benzene rings is 2.